The summed E-state index contributed by atoms with van der Waals surface area (Å²) in [4.78, 5) is 37.1. The van der Waals surface area contributed by atoms with Gasteiger partial charge in [-0.05, 0) is 36.3 Å². The number of rotatable bonds is 12. The topological polar surface area (TPSA) is 116 Å². The summed E-state index contributed by atoms with van der Waals surface area (Å²) in [5.74, 6) is -2.30. The Morgan fingerprint density at radius 3 is 1.88 bits per heavy atom. The maximum atomic E-state index is 12.9. The molecule has 2 amide bonds. The molecule has 2 rings (SSSR count). The van der Waals surface area contributed by atoms with Gasteiger partial charge in [-0.25, -0.2) is 4.79 Å². The predicted octanol–water partition coefficient (Wildman–Crippen LogP) is 2.32. The molecule has 0 bridgehead atoms. The van der Waals surface area contributed by atoms with Gasteiger partial charge in [-0.2, -0.15) is 0 Å². The number of carbonyl (C=O) groups excluding carboxylic acids is 2. The maximum Gasteiger partial charge on any atom is 0.326 e. The molecule has 0 radical (unpaired) electrons. The van der Waals surface area contributed by atoms with E-state index in [-0.39, 0.29) is 18.8 Å². The summed E-state index contributed by atoms with van der Waals surface area (Å²) in [6.07, 6.45) is -0.0751. The Hall–Kier alpha value is -3.19. The Balaban J connectivity index is 1.99. The van der Waals surface area contributed by atoms with Gasteiger partial charge in [0.1, 0.15) is 18.2 Å². The smallest absolute Gasteiger partial charge is 0.326 e. The summed E-state index contributed by atoms with van der Waals surface area (Å²) >= 11 is 0. The molecule has 0 aromatic heterocycles. The summed E-state index contributed by atoms with van der Waals surface area (Å²) in [5, 5.41) is 25.0. The van der Waals surface area contributed by atoms with E-state index in [2.05, 4.69) is 10.6 Å². The lowest BCUT2D eigenvalue weighted by Gasteiger charge is -2.24. The Labute approximate surface area is 188 Å². The van der Waals surface area contributed by atoms with Crippen molar-refractivity contribution in [2.45, 2.75) is 57.7 Å². The van der Waals surface area contributed by atoms with E-state index in [4.69, 9.17) is 0 Å². The van der Waals surface area contributed by atoms with E-state index in [1.54, 1.807) is 24.3 Å². The molecule has 7 heteroatoms. The minimum atomic E-state index is -1.27. The number of aryl methyl sites for hydroxylation is 1. The van der Waals surface area contributed by atoms with Crippen molar-refractivity contribution in [2.75, 3.05) is 0 Å². The lowest BCUT2D eigenvalue weighted by Crippen LogP contribution is -2.54. The number of hydrogen-bond acceptors (Lipinski definition) is 4. The van der Waals surface area contributed by atoms with E-state index in [0.29, 0.717) is 12.8 Å². The van der Waals surface area contributed by atoms with E-state index in [0.717, 1.165) is 11.1 Å². The minimum absolute atomic E-state index is 0.0740. The fraction of sp³-hybridized carbons (Fsp3) is 0.400. The van der Waals surface area contributed by atoms with E-state index in [9.17, 15) is 24.6 Å². The molecule has 0 spiro atoms. The molecular formula is C25H32N2O5. The maximum absolute atomic E-state index is 12.9. The first kappa shape index (κ1) is 25.1. The third kappa shape index (κ3) is 8.51. The van der Waals surface area contributed by atoms with Crippen LogP contribution in [0, 0.1) is 5.92 Å². The van der Waals surface area contributed by atoms with Crippen LogP contribution in [0.15, 0.2) is 60.7 Å². The van der Waals surface area contributed by atoms with Crippen molar-refractivity contribution in [1.29, 1.82) is 0 Å². The first-order chi connectivity index (χ1) is 15.3. The number of hydrogen-bond donors (Lipinski definition) is 4. The second-order valence-electron chi connectivity index (χ2n) is 8.32. The Morgan fingerprint density at radius 1 is 0.812 bits per heavy atom. The average molecular weight is 441 g/mol. The summed E-state index contributed by atoms with van der Waals surface area (Å²) in [6, 6.07) is 16.4. The molecule has 0 aliphatic carbocycles. The SMILES string of the molecule is CC(C)CC(NC(=O)C(O)CCc1ccccc1)C(=O)NC(Cc1ccccc1)C(=O)O. The number of aliphatic hydroxyl groups is 1. The molecule has 0 aliphatic rings. The van der Waals surface area contributed by atoms with Crippen molar-refractivity contribution >= 4 is 17.8 Å². The Bertz CT molecular complexity index is 870. The third-order valence-corrected chi connectivity index (χ3v) is 5.09. The number of carboxylic acid groups (broad SMARTS) is 1. The zero-order valence-electron chi connectivity index (χ0n) is 18.5. The molecule has 0 fully saturated rings. The van der Waals surface area contributed by atoms with Gasteiger partial charge < -0.3 is 20.8 Å². The van der Waals surface area contributed by atoms with Crippen LogP contribution in [-0.4, -0.2) is 46.2 Å². The molecule has 3 atom stereocenters. The highest BCUT2D eigenvalue weighted by atomic mass is 16.4. The van der Waals surface area contributed by atoms with Gasteiger partial charge in [-0.15, -0.1) is 0 Å². The molecule has 0 aliphatic heterocycles. The molecule has 7 nitrogen and oxygen atoms in total. The van der Waals surface area contributed by atoms with Gasteiger partial charge in [0.05, 0.1) is 0 Å². The number of carbonyl (C=O) groups is 3. The van der Waals surface area contributed by atoms with Crippen LogP contribution in [-0.2, 0) is 27.2 Å². The van der Waals surface area contributed by atoms with Gasteiger partial charge in [-0.3, -0.25) is 9.59 Å². The summed E-state index contributed by atoms with van der Waals surface area (Å²) in [6.45, 7) is 3.80. The van der Waals surface area contributed by atoms with Gasteiger partial charge in [0.15, 0.2) is 0 Å². The van der Waals surface area contributed by atoms with Crippen molar-refractivity contribution in [3.8, 4) is 0 Å². The number of benzene rings is 2. The highest BCUT2D eigenvalue weighted by molar-refractivity contribution is 5.91. The third-order valence-electron chi connectivity index (χ3n) is 5.09. The van der Waals surface area contributed by atoms with Crippen LogP contribution in [0.2, 0.25) is 0 Å². The summed E-state index contributed by atoms with van der Waals surface area (Å²) in [5.41, 5.74) is 1.78. The van der Waals surface area contributed by atoms with Gasteiger partial charge in [0, 0.05) is 6.42 Å². The number of carboxylic acids is 1. The van der Waals surface area contributed by atoms with Gasteiger partial charge >= 0.3 is 5.97 Å². The van der Waals surface area contributed by atoms with Crippen LogP contribution < -0.4 is 10.6 Å². The summed E-state index contributed by atoms with van der Waals surface area (Å²) in [7, 11) is 0. The molecule has 0 heterocycles. The number of aliphatic hydroxyl groups excluding tert-OH is 1. The van der Waals surface area contributed by atoms with Gasteiger partial charge in [-0.1, -0.05) is 74.5 Å². The second kappa shape index (κ2) is 12.6. The molecule has 32 heavy (non-hydrogen) atoms. The zero-order valence-corrected chi connectivity index (χ0v) is 18.5. The monoisotopic (exact) mass is 440 g/mol. The molecule has 2 aromatic rings. The van der Waals surface area contributed by atoms with Crippen molar-refractivity contribution in [3.05, 3.63) is 71.8 Å². The van der Waals surface area contributed by atoms with Crippen LogP contribution in [0.3, 0.4) is 0 Å². The zero-order chi connectivity index (χ0) is 23.5. The van der Waals surface area contributed by atoms with Crippen LogP contribution >= 0.6 is 0 Å². The first-order valence-corrected chi connectivity index (χ1v) is 10.9. The highest BCUT2D eigenvalue weighted by Gasteiger charge is 2.29. The molecule has 4 N–H and O–H groups in total. The number of nitrogens with one attached hydrogen (secondary N) is 2. The van der Waals surface area contributed by atoms with Crippen molar-refractivity contribution in [2.24, 2.45) is 5.92 Å². The molecule has 3 unspecified atom stereocenters. The van der Waals surface area contributed by atoms with Crippen molar-refractivity contribution < 1.29 is 24.6 Å². The van der Waals surface area contributed by atoms with E-state index >= 15 is 0 Å². The fourth-order valence-electron chi connectivity index (χ4n) is 3.37. The van der Waals surface area contributed by atoms with E-state index in [1.807, 2.05) is 50.2 Å². The lowest BCUT2D eigenvalue weighted by molar-refractivity contribution is -0.142. The van der Waals surface area contributed by atoms with Gasteiger partial charge in [0.2, 0.25) is 11.8 Å². The fourth-order valence-corrected chi connectivity index (χ4v) is 3.37. The van der Waals surface area contributed by atoms with Crippen LogP contribution in [0.1, 0.15) is 37.8 Å². The quantitative estimate of drug-likeness (QED) is 0.404. The highest BCUT2D eigenvalue weighted by Crippen LogP contribution is 2.10. The standard InChI is InChI=1S/C25H32N2O5/c1-17(2)15-20(26-24(30)22(28)14-13-18-9-5-3-6-10-18)23(29)27-21(25(31)32)16-19-11-7-4-8-12-19/h3-12,17,20-22,28H,13-16H2,1-2H3,(H,26,30)(H,27,29)(H,31,32). The van der Waals surface area contributed by atoms with Gasteiger partial charge in [0.25, 0.3) is 0 Å². The number of aliphatic carboxylic acids is 1. The van der Waals surface area contributed by atoms with Crippen LogP contribution in [0.4, 0.5) is 0 Å². The molecule has 0 saturated carbocycles. The molecule has 2 aromatic carbocycles. The van der Waals surface area contributed by atoms with E-state index < -0.39 is 36.0 Å². The second-order valence-corrected chi connectivity index (χ2v) is 8.32. The Kier molecular flexibility index (Phi) is 9.88. The molecule has 0 saturated heterocycles. The summed E-state index contributed by atoms with van der Waals surface area (Å²) < 4.78 is 0. The molecule has 172 valence electrons. The average Bonchev–Trinajstić information content (AvgIpc) is 2.77. The van der Waals surface area contributed by atoms with Crippen LogP contribution in [0.25, 0.3) is 0 Å². The first-order valence-electron chi connectivity index (χ1n) is 10.9. The normalized spacial score (nSPS) is 13.8. The lowest BCUT2D eigenvalue weighted by atomic mass is 10.0. The van der Waals surface area contributed by atoms with Crippen molar-refractivity contribution in [1.82, 2.24) is 10.6 Å². The van der Waals surface area contributed by atoms with E-state index in [1.165, 1.54) is 0 Å². The van der Waals surface area contributed by atoms with Crippen molar-refractivity contribution in [3.63, 3.8) is 0 Å². The number of amides is 2. The molecular weight excluding hydrogens is 408 g/mol. The minimum Gasteiger partial charge on any atom is -0.480 e. The van der Waals surface area contributed by atoms with Crippen LogP contribution in [0.5, 0.6) is 0 Å². The predicted molar refractivity (Wildman–Crippen MR) is 122 cm³/mol. The Morgan fingerprint density at radius 2 is 1.34 bits per heavy atom. The largest absolute Gasteiger partial charge is 0.480 e.